The van der Waals surface area contributed by atoms with Crippen LogP contribution in [-0.2, 0) is 12.0 Å². The minimum atomic E-state index is -0.169. The summed E-state index contributed by atoms with van der Waals surface area (Å²) in [4.78, 5) is 17.6. The van der Waals surface area contributed by atoms with Crippen molar-refractivity contribution in [1.29, 1.82) is 0 Å². The van der Waals surface area contributed by atoms with E-state index in [1.165, 1.54) is 11.1 Å². The predicted molar refractivity (Wildman–Crippen MR) is 119 cm³/mol. The second-order valence-corrected chi connectivity index (χ2v) is 8.50. The van der Waals surface area contributed by atoms with Crippen LogP contribution < -0.4 is 5.32 Å². The van der Waals surface area contributed by atoms with Gasteiger partial charge in [-0.15, -0.1) is 0 Å². The van der Waals surface area contributed by atoms with Crippen molar-refractivity contribution >= 4 is 33.7 Å². The minimum absolute atomic E-state index is 0.0516. The van der Waals surface area contributed by atoms with E-state index in [0.717, 1.165) is 21.9 Å². The van der Waals surface area contributed by atoms with Crippen LogP contribution in [0.1, 0.15) is 49.2 Å². The molecule has 0 atom stereocenters. The Morgan fingerprint density at radius 1 is 1.07 bits per heavy atom. The topological polar surface area (TPSA) is 59.8 Å². The molecule has 0 fully saturated rings. The Morgan fingerprint density at radius 2 is 1.79 bits per heavy atom. The van der Waals surface area contributed by atoms with Crippen molar-refractivity contribution in [3.05, 3.63) is 65.2 Å². The van der Waals surface area contributed by atoms with Gasteiger partial charge in [0, 0.05) is 17.5 Å². The van der Waals surface area contributed by atoms with E-state index in [1.54, 1.807) is 0 Å². The molecule has 0 bridgehead atoms. The zero-order valence-electron chi connectivity index (χ0n) is 17.6. The molecule has 0 unspecified atom stereocenters. The van der Waals surface area contributed by atoms with Crippen LogP contribution in [0.3, 0.4) is 0 Å². The maximum Gasteiger partial charge on any atom is 0.256 e. The first-order chi connectivity index (χ1) is 13.8. The fourth-order valence-electron chi connectivity index (χ4n) is 3.49. The van der Waals surface area contributed by atoms with Crippen molar-refractivity contribution in [3.8, 4) is 0 Å². The number of hydrogen-bond acceptors (Lipinski definition) is 3. The number of nitrogens with one attached hydrogen (secondary N) is 1. The van der Waals surface area contributed by atoms with Crippen LogP contribution in [0.5, 0.6) is 0 Å². The lowest BCUT2D eigenvalue weighted by Crippen LogP contribution is -2.15. The summed E-state index contributed by atoms with van der Waals surface area (Å²) < 4.78 is 1.83. The molecule has 0 aliphatic rings. The lowest BCUT2D eigenvalue weighted by molar-refractivity contribution is 0.102. The van der Waals surface area contributed by atoms with Gasteiger partial charge in [0.25, 0.3) is 5.91 Å². The first-order valence-corrected chi connectivity index (χ1v) is 9.96. The van der Waals surface area contributed by atoms with Crippen molar-refractivity contribution in [3.63, 3.8) is 0 Å². The molecule has 5 heteroatoms. The fourth-order valence-corrected chi connectivity index (χ4v) is 3.49. The van der Waals surface area contributed by atoms with E-state index >= 15 is 0 Å². The predicted octanol–water partition coefficient (Wildman–Crippen LogP) is 5.46. The standard InChI is InChI=1S/C24H26N4O/c1-6-28-22-19(14-17-13-15(2)7-12-20(17)25-22)21(27-28)26-23(29)16-8-10-18(11-9-16)24(3,4)5/h7-14H,6H2,1-5H3,(H,26,27,29). The van der Waals surface area contributed by atoms with Gasteiger partial charge in [-0.1, -0.05) is 44.5 Å². The molecule has 2 aromatic heterocycles. The van der Waals surface area contributed by atoms with Crippen molar-refractivity contribution in [2.24, 2.45) is 0 Å². The van der Waals surface area contributed by atoms with E-state index in [9.17, 15) is 4.79 Å². The third-order valence-electron chi connectivity index (χ3n) is 5.22. The second-order valence-electron chi connectivity index (χ2n) is 8.50. The van der Waals surface area contributed by atoms with Crippen molar-refractivity contribution < 1.29 is 4.79 Å². The van der Waals surface area contributed by atoms with E-state index in [-0.39, 0.29) is 11.3 Å². The summed E-state index contributed by atoms with van der Waals surface area (Å²) in [5, 5.41) is 9.47. The SMILES string of the molecule is CCn1nc(NC(=O)c2ccc(C(C)(C)C)cc2)c2cc3cc(C)ccc3nc21. The summed E-state index contributed by atoms with van der Waals surface area (Å²) in [6.45, 7) is 11.2. The van der Waals surface area contributed by atoms with E-state index in [1.807, 2.05) is 41.9 Å². The zero-order valence-corrected chi connectivity index (χ0v) is 17.6. The summed E-state index contributed by atoms with van der Waals surface area (Å²) in [6, 6.07) is 16.0. The number of hydrogen-bond donors (Lipinski definition) is 1. The smallest absolute Gasteiger partial charge is 0.256 e. The number of carbonyl (C=O) groups is 1. The molecule has 0 aliphatic carbocycles. The Morgan fingerprint density at radius 3 is 2.45 bits per heavy atom. The number of rotatable bonds is 3. The van der Waals surface area contributed by atoms with Gasteiger partial charge in [-0.2, -0.15) is 5.10 Å². The lowest BCUT2D eigenvalue weighted by Gasteiger charge is -2.18. The number of pyridine rings is 1. The zero-order chi connectivity index (χ0) is 20.8. The van der Waals surface area contributed by atoms with Crippen LogP contribution in [-0.4, -0.2) is 20.7 Å². The molecule has 29 heavy (non-hydrogen) atoms. The number of fused-ring (bicyclic) bond motifs is 2. The first kappa shape index (κ1) is 19.1. The van der Waals surface area contributed by atoms with Crippen molar-refractivity contribution in [2.75, 3.05) is 5.32 Å². The Hall–Kier alpha value is -3.21. The summed E-state index contributed by atoms with van der Waals surface area (Å²) in [7, 11) is 0. The molecule has 0 radical (unpaired) electrons. The first-order valence-electron chi connectivity index (χ1n) is 9.96. The molecule has 5 nitrogen and oxygen atoms in total. The molecule has 0 spiro atoms. The Labute approximate surface area is 170 Å². The van der Waals surface area contributed by atoms with E-state index < -0.39 is 0 Å². The number of amides is 1. The molecule has 4 rings (SSSR count). The third kappa shape index (κ3) is 3.60. The largest absolute Gasteiger partial charge is 0.305 e. The Kier molecular flexibility index (Phi) is 4.61. The fraction of sp³-hybridized carbons (Fsp3) is 0.292. The molecular formula is C24H26N4O. The van der Waals surface area contributed by atoms with Gasteiger partial charge in [0.2, 0.25) is 0 Å². The number of carbonyl (C=O) groups excluding carboxylic acids is 1. The Balaban J connectivity index is 1.72. The van der Waals surface area contributed by atoms with Crippen LogP contribution in [0, 0.1) is 6.92 Å². The molecule has 2 heterocycles. The summed E-state index contributed by atoms with van der Waals surface area (Å²) in [5.74, 6) is 0.375. The van der Waals surface area contributed by atoms with Crippen LogP contribution in [0.2, 0.25) is 0 Å². The number of nitrogens with zero attached hydrogens (tertiary/aromatic N) is 3. The highest BCUT2D eigenvalue weighted by molar-refractivity contribution is 6.08. The second kappa shape index (κ2) is 6.99. The van der Waals surface area contributed by atoms with Gasteiger partial charge in [0.1, 0.15) is 0 Å². The van der Waals surface area contributed by atoms with Crippen molar-refractivity contribution in [1.82, 2.24) is 14.8 Å². The number of benzene rings is 2. The molecule has 2 aromatic carbocycles. The summed E-state index contributed by atoms with van der Waals surface area (Å²) >= 11 is 0. The average molecular weight is 386 g/mol. The number of aryl methyl sites for hydroxylation is 2. The summed E-state index contributed by atoms with van der Waals surface area (Å²) in [5.41, 5.74) is 4.74. The number of aromatic nitrogens is 3. The molecular weight excluding hydrogens is 360 g/mol. The minimum Gasteiger partial charge on any atom is -0.305 e. The van der Waals surface area contributed by atoms with Gasteiger partial charge in [-0.25, -0.2) is 9.67 Å². The van der Waals surface area contributed by atoms with Gasteiger partial charge < -0.3 is 5.32 Å². The van der Waals surface area contributed by atoms with E-state index in [0.29, 0.717) is 17.9 Å². The van der Waals surface area contributed by atoms with Crippen molar-refractivity contribution in [2.45, 2.75) is 46.6 Å². The lowest BCUT2D eigenvalue weighted by atomic mass is 9.87. The van der Waals surface area contributed by atoms with Gasteiger partial charge >= 0.3 is 0 Å². The quantitative estimate of drug-likeness (QED) is 0.508. The maximum atomic E-state index is 12.9. The van der Waals surface area contributed by atoms with Crippen LogP contribution in [0.4, 0.5) is 5.82 Å². The molecule has 4 aromatic rings. The number of anilines is 1. The van der Waals surface area contributed by atoms with Crippen LogP contribution in [0.15, 0.2) is 48.5 Å². The molecule has 0 aliphatic heterocycles. The highest BCUT2D eigenvalue weighted by Gasteiger charge is 2.17. The highest BCUT2D eigenvalue weighted by atomic mass is 16.1. The normalized spacial score (nSPS) is 11.9. The Bertz CT molecular complexity index is 1210. The van der Waals surface area contributed by atoms with E-state index in [2.05, 4.69) is 56.3 Å². The van der Waals surface area contributed by atoms with Gasteiger partial charge in [0.15, 0.2) is 11.5 Å². The average Bonchev–Trinajstić information content (AvgIpc) is 3.02. The maximum absolute atomic E-state index is 12.9. The van der Waals surface area contributed by atoms with Crippen LogP contribution in [0.25, 0.3) is 21.9 Å². The highest BCUT2D eigenvalue weighted by Crippen LogP contribution is 2.27. The molecule has 1 amide bonds. The molecule has 1 N–H and O–H groups in total. The summed E-state index contributed by atoms with van der Waals surface area (Å²) in [6.07, 6.45) is 0. The van der Waals surface area contributed by atoms with Gasteiger partial charge in [0.05, 0.1) is 10.9 Å². The molecule has 0 saturated heterocycles. The monoisotopic (exact) mass is 386 g/mol. The van der Waals surface area contributed by atoms with Crippen LogP contribution >= 0.6 is 0 Å². The van der Waals surface area contributed by atoms with Gasteiger partial charge in [-0.05, 0) is 55.2 Å². The third-order valence-corrected chi connectivity index (χ3v) is 5.22. The molecule has 148 valence electrons. The molecule has 0 saturated carbocycles. The van der Waals surface area contributed by atoms with Gasteiger partial charge in [-0.3, -0.25) is 4.79 Å². The van der Waals surface area contributed by atoms with E-state index in [4.69, 9.17) is 4.98 Å².